The Morgan fingerprint density at radius 3 is 2.23 bits per heavy atom. The van der Waals surface area contributed by atoms with E-state index in [4.69, 9.17) is 0 Å². The Balaban J connectivity index is 2.06. The molecule has 3 unspecified atom stereocenters. The van der Waals surface area contributed by atoms with E-state index in [1.807, 2.05) is 0 Å². The van der Waals surface area contributed by atoms with Gasteiger partial charge in [0.2, 0.25) is 0 Å². The fourth-order valence-corrected chi connectivity index (χ4v) is 5.41. The lowest BCUT2D eigenvalue weighted by Gasteiger charge is -2.36. The monoisotopic (exact) mass is 330 g/mol. The number of piperidine rings is 1. The van der Waals surface area contributed by atoms with E-state index in [0.29, 0.717) is 37.9 Å². The van der Waals surface area contributed by atoms with Crippen LogP contribution in [0.2, 0.25) is 0 Å². The largest absolute Gasteiger partial charge is 0.334 e. The third-order valence-electron chi connectivity index (χ3n) is 4.59. The zero-order valence-corrected chi connectivity index (χ0v) is 14.4. The van der Waals surface area contributed by atoms with Crippen molar-refractivity contribution in [3.63, 3.8) is 0 Å². The van der Waals surface area contributed by atoms with Gasteiger partial charge in [-0.1, -0.05) is 13.8 Å². The van der Waals surface area contributed by atoms with Gasteiger partial charge in [-0.25, -0.2) is 8.42 Å². The summed E-state index contributed by atoms with van der Waals surface area (Å²) in [5.41, 5.74) is 0. The van der Waals surface area contributed by atoms with Crippen LogP contribution in [0.4, 0.5) is 0 Å². The van der Waals surface area contributed by atoms with Crippen LogP contribution in [0.3, 0.4) is 0 Å². The summed E-state index contributed by atoms with van der Waals surface area (Å²) >= 11 is 0. The number of likely N-dealkylation sites (N-methyl/N-ethyl adjacent to an activating group) is 1. The Labute approximate surface area is 132 Å². The second kappa shape index (κ2) is 6.56. The molecule has 2 fully saturated rings. The first-order chi connectivity index (χ1) is 10.2. The van der Waals surface area contributed by atoms with E-state index >= 15 is 0 Å². The van der Waals surface area contributed by atoms with E-state index in [2.05, 4.69) is 13.8 Å². The van der Waals surface area contributed by atoms with Crippen molar-refractivity contribution < 1.29 is 18.0 Å². The molecule has 0 aromatic carbocycles. The Kier molecular flexibility index (Phi) is 5.14. The predicted octanol–water partition coefficient (Wildman–Crippen LogP) is 0.527. The highest BCUT2D eigenvalue weighted by Crippen LogP contribution is 2.22. The number of sulfone groups is 1. The fraction of sp³-hybridized carbons (Fsp3) is 0.867. The van der Waals surface area contributed by atoms with Crippen LogP contribution in [0.1, 0.15) is 33.6 Å². The molecule has 2 rings (SSSR count). The topological polar surface area (TPSA) is 74.8 Å². The number of rotatable bonds is 2. The first-order valence-corrected chi connectivity index (χ1v) is 9.86. The molecule has 2 saturated heterocycles. The summed E-state index contributed by atoms with van der Waals surface area (Å²) in [6, 6.07) is -0.355. The van der Waals surface area contributed by atoms with E-state index in [9.17, 15) is 18.0 Å². The van der Waals surface area contributed by atoms with Crippen LogP contribution >= 0.6 is 0 Å². The molecule has 0 radical (unpaired) electrons. The molecule has 6 nitrogen and oxygen atoms in total. The van der Waals surface area contributed by atoms with Crippen molar-refractivity contribution in [3.05, 3.63) is 0 Å². The molecule has 7 heteroatoms. The number of likely N-dealkylation sites (tertiary alicyclic amines) is 1. The van der Waals surface area contributed by atoms with Gasteiger partial charge in [0.25, 0.3) is 0 Å². The minimum atomic E-state index is -3.07. The van der Waals surface area contributed by atoms with Crippen LogP contribution in [-0.2, 0) is 19.4 Å². The molecule has 2 aliphatic rings. The highest BCUT2D eigenvalue weighted by molar-refractivity contribution is 7.91. The summed E-state index contributed by atoms with van der Waals surface area (Å²) in [6.45, 7) is 7.54. The van der Waals surface area contributed by atoms with Gasteiger partial charge in [0, 0.05) is 25.7 Å². The molecule has 0 spiro atoms. The number of nitrogens with zero attached hydrogens (tertiary/aromatic N) is 2. The van der Waals surface area contributed by atoms with Gasteiger partial charge in [0.15, 0.2) is 9.84 Å². The molecule has 2 amide bonds. The summed E-state index contributed by atoms with van der Waals surface area (Å²) in [6.07, 6.45) is 1.50. The third-order valence-corrected chi connectivity index (χ3v) is 6.34. The van der Waals surface area contributed by atoms with Crippen molar-refractivity contribution in [2.24, 2.45) is 11.8 Å². The molecule has 2 aliphatic heterocycles. The summed E-state index contributed by atoms with van der Waals surface area (Å²) < 4.78 is 23.2. The van der Waals surface area contributed by atoms with Crippen molar-refractivity contribution in [3.8, 4) is 0 Å². The minimum Gasteiger partial charge on any atom is -0.334 e. The Hall–Kier alpha value is -1.11. The molecule has 0 bridgehead atoms. The third kappa shape index (κ3) is 3.80. The molecule has 0 saturated carbocycles. The van der Waals surface area contributed by atoms with E-state index in [-0.39, 0.29) is 17.5 Å². The number of carbonyl (C=O) groups is 2. The number of carbonyl (C=O) groups excluding carboxylic acids is 2. The maximum Gasteiger partial charge on any atom is 0.312 e. The lowest BCUT2D eigenvalue weighted by atomic mass is 9.92. The predicted molar refractivity (Wildman–Crippen MR) is 84.0 cm³/mol. The zero-order valence-electron chi connectivity index (χ0n) is 13.6. The quantitative estimate of drug-likeness (QED) is 0.692. The Morgan fingerprint density at radius 1 is 1.18 bits per heavy atom. The Morgan fingerprint density at radius 2 is 1.77 bits per heavy atom. The molecule has 3 atom stereocenters. The summed E-state index contributed by atoms with van der Waals surface area (Å²) in [5, 5.41) is 0. The van der Waals surface area contributed by atoms with Crippen LogP contribution in [0.5, 0.6) is 0 Å². The van der Waals surface area contributed by atoms with Crippen molar-refractivity contribution in [1.29, 1.82) is 0 Å². The maximum absolute atomic E-state index is 12.5. The number of amides is 2. The van der Waals surface area contributed by atoms with E-state index in [0.717, 1.165) is 6.42 Å². The molecule has 2 heterocycles. The van der Waals surface area contributed by atoms with Gasteiger partial charge >= 0.3 is 11.8 Å². The van der Waals surface area contributed by atoms with Gasteiger partial charge < -0.3 is 9.80 Å². The summed E-state index contributed by atoms with van der Waals surface area (Å²) in [4.78, 5) is 28.1. The second-order valence-corrected chi connectivity index (χ2v) is 9.03. The van der Waals surface area contributed by atoms with Crippen LogP contribution in [0, 0.1) is 11.8 Å². The standard InChI is InChI=1S/C15H26N2O4S/c1-4-17(13-5-6-22(20,21)10-13)15(19)14(18)16-8-11(2)7-12(3)9-16/h11-13H,4-10H2,1-3H3. The highest BCUT2D eigenvalue weighted by Gasteiger charge is 2.38. The zero-order chi connectivity index (χ0) is 16.5. The average Bonchev–Trinajstić information content (AvgIpc) is 2.77. The van der Waals surface area contributed by atoms with Crippen molar-refractivity contribution in [2.75, 3.05) is 31.1 Å². The minimum absolute atomic E-state index is 0.0212. The van der Waals surface area contributed by atoms with E-state index in [1.54, 1.807) is 11.8 Å². The molecule has 0 aromatic rings. The molecule has 22 heavy (non-hydrogen) atoms. The van der Waals surface area contributed by atoms with Crippen LogP contribution < -0.4 is 0 Å². The van der Waals surface area contributed by atoms with Crippen molar-refractivity contribution in [1.82, 2.24) is 9.80 Å². The van der Waals surface area contributed by atoms with Gasteiger partial charge in [-0.05, 0) is 31.6 Å². The van der Waals surface area contributed by atoms with Crippen molar-refractivity contribution in [2.45, 2.75) is 39.7 Å². The molecule has 0 aliphatic carbocycles. The molecular formula is C15H26N2O4S. The van der Waals surface area contributed by atoms with Crippen LogP contribution in [-0.4, -0.2) is 67.2 Å². The molecule has 126 valence electrons. The smallest absolute Gasteiger partial charge is 0.312 e. The second-order valence-electron chi connectivity index (χ2n) is 6.80. The summed E-state index contributed by atoms with van der Waals surface area (Å²) in [7, 11) is -3.07. The molecule has 0 N–H and O–H groups in total. The van der Waals surface area contributed by atoms with Crippen molar-refractivity contribution >= 4 is 21.7 Å². The van der Waals surface area contributed by atoms with Gasteiger partial charge in [-0.15, -0.1) is 0 Å². The van der Waals surface area contributed by atoms with Gasteiger partial charge in [-0.3, -0.25) is 9.59 Å². The first kappa shape index (κ1) is 17.2. The lowest BCUT2D eigenvalue weighted by molar-refractivity contribution is -0.154. The SMILES string of the molecule is CCN(C(=O)C(=O)N1CC(C)CC(C)C1)C1CCS(=O)(=O)C1. The average molecular weight is 330 g/mol. The lowest BCUT2D eigenvalue weighted by Crippen LogP contribution is -2.52. The first-order valence-electron chi connectivity index (χ1n) is 8.03. The maximum atomic E-state index is 12.5. The molecular weight excluding hydrogens is 304 g/mol. The van der Waals surface area contributed by atoms with E-state index < -0.39 is 21.7 Å². The van der Waals surface area contributed by atoms with Gasteiger partial charge in [0.05, 0.1) is 11.5 Å². The van der Waals surface area contributed by atoms with Gasteiger partial charge in [0.1, 0.15) is 0 Å². The number of hydrogen-bond acceptors (Lipinski definition) is 4. The van der Waals surface area contributed by atoms with Crippen LogP contribution in [0.15, 0.2) is 0 Å². The highest BCUT2D eigenvalue weighted by atomic mass is 32.2. The van der Waals surface area contributed by atoms with Gasteiger partial charge in [-0.2, -0.15) is 0 Å². The van der Waals surface area contributed by atoms with E-state index in [1.165, 1.54) is 4.90 Å². The summed E-state index contributed by atoms with van der Waals surface area (Å²) in [5.74, 6) is -0.166. The fourth-order valence-electron chi connectivity index (χ4n) is 3.68. The molecule has 0 aromatic heterocycles. The number of hydrogen-bond donors (Lipinski definition) is 0. The van der Waals surface area contributed by atoms with Crippen LogP contribution in [0.25, 0.3) is 0 Å². The Bertz CT molecular complexity index is 536. The normalized spacial score (nSPS) is 31.0.